The van der Waals surface area contributed by atoms with Gasteiger partial charge in [0, 0.05) is 28.9 Å². The van der Waals surface area contributed by atoms with Crippen LogP contribution in [-0.2, 0) is 12.0 Å². The molecular formula is C17H24N2OS. The molecular weight excluding hydrogens is 280 g/mol. The lowest BCUT2D eigenvalue weighted by molar-refractivity contribution is 0.401. The Labute approximate surface area is 131 Å². The maximum Gasteiger partial charge on any atom is 0.123 e. The molecule has 1 aromatic heterocycles. The van der Waals surface area contributed by atoms with E-state index >= 15 is 0 Å². The zero-order chi connectivity index (χ0) is 15.5. The summed E-state index contributed by atoms with van der Waals surface area (Å²) in [4.78, 5) is 4.71. The number of nitrogens with zero attached hydrogens (tertiary/aromatic N) is 1. The molecule has 0 unspecified atom stereocenters. The second kappa shape index (κ2) is 6.58. The third-order valence-electron chi connectivity index (χ3n) is 3.39. The summed E-state index contributed by atoms with van der Waals surface area (Å²) in [5.41, 5.74) is 2.40. The monoisotopic (exact) mass is 304 g/mol. The molecule has 0 fully saturated rings. The molecule has 4 heteroatoms. The first-order valence-electron chi connectivity index (χ1n) is 7.23. The van der Waals surface area contributed by atoms with Crippen molar-refractivity contribution >= 4 is 11.3 Å². The SMILES string of the molecule is COc1ccccc1[C@@H](C)NCc1csc(C(C)(C)C)n1. The molecule has 1 aromatic carbocycles. The molecule has 21 heavy (non-hydrogen) atoms. The fourth-order valence-corrected chi connectivity index (χ4v) is 3.03. The lowest BCUT2D eigenvalue weighted by Crippen LogP contribution is -2.19. The minimum atomic E-state index is 0.122. The van der Waals surface area contributed by atoms with Gasteiger partial charge >= 0.3 is 0 Å². The highest BCUT2D eigenvalue weighted by Gasteiger charge is 2.18. The predicted molar refractivity (Wildman–Crippen MR) is 89.1 cm³/mol. The van der Waals surface area contributed by atoms with Crippen molar-refractivity contribution in [2.75, 3.05) is 7.11 Å². The normalized spacial score (nSPS) is 13.2. The van der Waals surface area contributed by atoms with E-state index in [9.17, 15) is 0 Å². The molecule has 1 N–H and O–H groups in total. The van der Waals surface area contributed by atoms with E-state index in [-0.39, 0.29) is 11.5 Å². The van der Waals surface area contributed by atoms with E-state index in [4.69, 9.17) is 9.72 Å². The summed E-state index contributed by atoms with van der Waals surface area (Å²) in [5, 5.41) is 6.84. The standard InChI is InChI=1S/C17H24N2OS/c1-12(14-8-6-7-9-15(14)20-5)18-10-13-11-21-16(19-13)17(2,3)4/h6-9,11-12,18H,10H2,1-5H3/t12-/m1/s1. The molecule has 3 nitrogen and oxygen atoms in total. The Balaban J connectivity index is 2.01. The quantitative estimate of drug-likeness (QED) is 0.894. The molecule has 0 aliphatic carbocycles. The zero-order valence-corrected chi connectivity index (χ0v) is 14.3. The summed E-state index contributed by atoms with van der Waals surface area (Å²) < 4.78 is 5.41. The van der Waals surface area contributed by atoms with Crippen LogP contribution in [0.25, 0.3) is 0 Å². The number of methoxy groups -OCH3 is 1. The van der Waals surface area contributed by atoms with E-state index in [0.29, 0.717) is 0 Å². The maximum absolute atomic E-state index is 5.41. The van der Waals surface area contributed by atoms with E-state index in [1.54, 1.807) is 18.4 Å². The van der Waals surface area contributed by atoms with Gasteiger partial charge in [0.05, 0.1) is 17.8 Å². The topological polar surface area (TPSA) is 34.1 Å². The molecule has 2 aromatic rings. The molecule has 2 rings (SSSR count). The molecule has 0 amide bonds. The van der Waals surface area contributed by atoms with Crippen molar-refractivity contribution in [2.24, 2.45) is 0 Å². The van der Waals surface area contributed by atoms with Crippen LogP contribution in [0.15, 0.2) is 29.6 Å². The van der Waals surface area contributed by atoms with Crippen LogP contribution in [-0.4, -0.2) is 12.1 Å². The van der Waals surface area contributed by atoms with Gasteiger partial charge in [0.1, 0.15) is 5.75 Å². The molecule has 0 saturated heterocycles. The van der Waals surface area contributed by atoms with Crippen LogP contribution < -0.4 is 10.1 Å². The van der Waals surface area contributed by atoms with Gasteiger partial charge in [-0.3, -0.25) is 0 Å². The van der Waals surface area contributed by atoms with Crippen LogP contribution in [0.2, 0.25) is 0 Å². The number of benzene rings is 1. The Bertz CT molecular complexity index is 586. The van der Waals surface area contributed by atoms with Crippen molar-refractivity contribution in [1.29, 1.82) is 0 Å². The third kappa shape index (κ3) is 4.05. The second-order valence-corrected chi connectivity index (χ2v) is 7.10. The average Bonchev–Trinajstić information content (AvgIpc) is 2.93. The summed E-state index contributed by atoms with van der Waals surface area (Å²) in [7, 11) is 1.71. The summed E-state index contributed by atoms with van der Waals surface area (Å²) in [6.45, 7) is 9.50. The van der Waals surface area contributed by atoms with Crippen molar-refractivity contribution in [1.82, 2.24) is 10.3 Å². The first-order chi connectivity index (χ1) is 9.91. The van der Waals surface area contributed by atoms with E-state index in [2.05, 4.69) is 44.5 Å². The van der Waals surface area contributed by atoms with E-state index in [0.717, 1.165) is 18.0 Å². The van der Waals surface area contributed by atoms with Gasteiger partial charge in [-0.15, -0.1) is 11.3 Å². The second-order valence-electron chi connectivity index (χ2n) is 6.24. The molecule has 0 aliphatic rings. The predicted octanol–water partition coefficient (Wildman–Crippen LogP) is 4.30. The fourth-order valence-electron chi connectivity index (χ4n) is 2.12. The van der Waals surface area contributed by atoms with Gasteiger partial charge < -0.3 is 10.1 Å². The largest absolute Gasteiger partial charge is 0.496 e. The highest BCUT2D eigenvalue weighted by Crippen LogP contribution is 2.27. The number of hydrogen-bond donors (Lipinski definition) is 1. The van der Waals surface area contributed by atoms with Gasteiger partial charge in [0.2, 0.25) is 0 Å². The molecule has 0 spiro atoms. The van der Waals surface area contributed by atoms with Crippen molar-refractivity contribution in [3.8, 4) is 5.75 Å². The summed E-state index contributed by atoms with van der Waals surface area (Å²) in [6.07, 6.45) is 0. The third-order valence-corrected chi connectivity index (χ3v) is 4.70. The van der Waals surface area contributed by atoms with Crippen LogP contribution in [0.5, 0.6) is 5.75 Å². The van der Waals surface area contributed by atoms with Gasteiger partial charge in [-0.25, -0.2) is 4.98 Å². The Morgan fingerprint density at radius 2 is 2.00 bits per heavy atom. The number of rotatable bonds is 5. The minimum absolute atomic E-state index is 0.122. The molecule has 1 heterocycles. The number of thiazole rings is 1. The molecule has 114 valence electrons. The molecule has 1 atom stereocenters. The number of aromatic nitrogens is 1. The van der Waals surface area contributed by atoms with Gasteiger partial charge in [0.15, 0.2) is 0 Å². The van der Waals surface area contributed by atoms with Gasteiger partial charge in [-0.1, -0.05) is 39.0 Å². The Kier molecular flexibility index (Phi) is 5.01. The molecule has 0 radical (unpaired) electrons. The summed E-state index contributed by atoms with van der Waals surface area (Å²) in [6, 6.07) is 8.34. The van der Waals surface area contributed by atoms with Crippen LogP contribution in [0.3, 0.4) is 0 Å². The Morgan fingerprint density at radius 1 is 1.29 bits per heavy atom. The zero-order valence-electron chi connectivity index (χ0n) is 13.4. The van der Waals surface area contributed by atoms with Gasteiger partial charge in [-0.05, 0) is 13.0 Å². The highest BCUT2D eigenvalue weighted by molar-refractivity contribution is 7.09. The van der Waals surface area contributed by atoms with Crippen molar-refractivity contribution < 1.29 is 4.74 Å². The Morgan fingerprint density at radius 3 is 2.62 bits per heavy atom. The van der Waals surface area contributed by atoms with Crippen LogP contribution in [0.4, 0.5) is 0 Å². The maximum atomic E-state index is 5.41. The summed E-state index contributed by atoms with van der Waals surface area (Å²) >= 11 is 1.74. The van der Waals surface area contributed by atoms with Crippen LogP contribution >= 0.6 is 11.3 Å². The molecule has 0 saturated carbocycles. The van der Waals surface area contributed by atoms with E-state index in [1.165, 1.54) is 10.6 Å². The smallest absolute Gasteiger partial charge is 0.123 e. The first kappa shape index (κ1) is 16.0. The molecule has 0 bridgehead atoms. The lowest BCUT2D eigenvalue weighted by atomic mass is 9.98. The van der Waals surface area contributed by atoms with Crippen molar-refractivity contribution in [2.45, 2.75) is 45.7 Å². The first-order valence-corrected chi connectivity index (χ1v) is 8.11. The summed E-state index contributed by atoms with van der Waals surface area (Å²) in [5.74, 6) is 0.922. The molecule has 0 aliphatic heterocycles. The number of hydrogen-bond acceptors (Lipinski definition) is 4. The van der Waals surface area contributed by atoms with E-state index in [1.807, 2.05) is 18.2 Å². The highest BCUT2D eigenvalue weighted by atomic mass is 32.1. The lowest BCUT2D eigenvalue weighted by Gasteiger charge is -2.17. The van der Waals surface area contributed by atoms with Gasteiger partial charge in [0.25, 0.3) is 0 Å². The van der Waals surface area contributed by atoms with E-state index < -0.39 is 0 Å². The number of nitrogens with one attached hydrogen (secondary N) is 1. The minimum Gasteiger partial charge on any atom is -0.496 e. The van der Waals surface area contributed by atoms with Crippen LogP contribution in [0.1, 0.15) is 50.0 Å². The number of para-hydroxylation sites is 1. The average molecular weight is 304 g/mol. The fraction of sp³-hybridized carbons (Fsp3) is 0.471. The Hall–Kier alpha value is -1.39. The van der Waals surface area contributed by atoms with Gasteiger partial charge in [-0.2, -0.15) is 0 Å². The van der Waals surface area contributed by atoms with Crippen molar-refractivity contribution in [3.63, 3.8) is 0 Å². The van der Waals surface area contributed by atoms with Crippen molar-refractivity contribution in [3.05, 3.63) is 45.9 Å². The number of ether oxygens (including phenoxy) is 1. The van der Waals surface area contributed by atoms with Crippen LogP contribution in [0, 0.1) is 0 Å².